The van der Waals surface area contributed by atoms with Gasteiger partial charge in [-0.1, -0.05) is 6.07 Å². The van der Waals surface area contributed by atoms with Crippen LogP contribution in [0.1, 0.15) is 16.1 Å². The summed E-state index contributed by atoms with van der Waals surface area (Å²) in [6.45, 7) is 2.06. The molecule has 0 aliphatic carbocycles. The molecule has 0 saturated carbocycles. The first kappa shape index (κ1) is 9.21. The Morgan fingerprint density at radius 2 is 2.21 bits per heavy atom. The van der Waals surface area contributed by atoms with Crippen LogP contribution in [0, 0.1) is 6.92 Å². The summed E-state index contributed by atoms with van der Waals surface area (Å²) in [6.07, 6.45) is 2.71. The first-order chi connectivity index (χ1) is 6.74. The second-order valence-electron chi connectivity index (χ2n) is 3.35. The molecule has 0 amide bonds. The molecule has 0 aliphatic heterocycles. The van der Waals surface area contributed by atoms with Crippen molar-refractivity contribution in [1.82, 2.24) is 4.98 Å². The van der Waals surface area contributed by atoms with Crippen LogP contribution in [0.5, 0.6) is 0 Å². The number of aryl methyl sites for hydroxylation is 1. The molecule has 0 atom stereocenters. The van der Waals surface area contributed by atoms with Gasteiger partial charge >= 0.3 is 0 Å². The second-order valence-corrected chi connectivity index (χ2v) is 4.33. The Morgan fingerprint density at radius 3 is 2.86 bits per heavy atom. The van der Waals surface area contributed by atoms with Gasteiger partial charge in [0, 0.05) is 23.7 Å². The Labute approximate surface area is 87.4 Å². The molecule has 1 heterocycles. The van der Waals surface area contributed by atoms with Gasteiger partial charge in [0.25, 0.3) is 0 Å². The first-order valence-electron chi connectivity index (χ1n) is 4.48. The van der Waals surface area contributed by atoms with Crippen LogP contribution in [0.4, 0.5) is 5.69 Å². The van der Waals surface area contributed by atoms with Gasteiger partial charge in [-0.3, -0.25) is 0 Å². The summed E-state index contributed by atoms with van der Waals surface area (Å²) in [5, 5.41) is 3.13. The van der Waals surface area contributed by atoms with Crippen molar-refractivity contribution in [3.63, 3.8) is 0 Å². The Bertz CT molecular complexity index is 401. The molecule has 2 nitrogen and oxygen atoms in total. The zero-order valence-corrected chi connectivity index (χ0v) is 8.84. The van der Waals surface area contributed by atoms with E-state index < -0.39 is 0 Å². The van der Waals surface area contributed by atoms with Crippen molar-refractivity contribution >= 4 is 17.0 Å². The number of anilines is 1. The summed E-state index contributed by atoms with van der Waals surface area (Å²) in [7, 11) is 0. The zero-order chi connectivity index (χ0) is 9.97. The van der Waals surface area contributed by atoms with Gasteiger partial charge in [0.2, 0.25) is 0 Å². The normalized spacial score (nSPS) is 10.4. The van der Waals surface area contributed by atoms with Crippen molar-refractivity contribution in [2.75, 3.05) is 5.73 Å². The summed E-state index contributed by atoms with van der Waals surface area (Å²) in [5.74, 6) is 0. The molecule has 2 N–H and O–H groups in total. The molecule has 0 radical (unpaired) electrons. The molecule has 0 bridgehead atoms. The van der Waals surface area contributed by atoms with Crippen LogP contribution in [0.3, 0.4) is 0 Å². The summed E-state index contributed by atoms with van der Waals surface area (Å²) in [4.78, 5) is 4.25. The highest BCUT2D eigenvalue weighted by atomic mass is 32.1. The third-order valence-corrected chi connectivity index (χ3v) is 2.78. The van der Waals surface area contributed by atoms with Crippen molar-refractivity contribution in [3.05, 3.63) is 45.9 Å². The minimum atomic E-state index is 0.830. The molecular weight excluding hydrogens is 192 g/mol. The van der Waals surface area contributed by atoms with Gasteiger partial charge in [-0.05, 0) is 30.2 Å². The van der Waals surface area contributed by atoms with Gasteiger partial charge < -0.3 is 5.73 Å². The molecule has 2 rings (SSSR count). The number of nitrogen functional groups attached to an aromatic ring is 1. The Kier molecular flexibility index (Phi) is 2.50. The summed E-state index contributed by atoms with van der Waals surface area (Å²) in [6, 6.07) is 6.14. The number of hydrogen-bond acceptors (Lipinski definition) is 3. The van der Waals surface area contributed by atoms with Crippen LogP contribution in [0.2, 0.25) is 0 Å². The van der Waals surface area contributed by atoms with Gasteiger partial charge in [0.1, 0.15) is 0 Å². The van der Waals surface area contributed by atoms with Crippen molar-refractivity contribution < 1.29 is 0 Å². The van der Waals surface area contributed by atoms with E-state index in [9.17, 15) is 0 Å². The van der Waals surface area contributed by atoms with E-state index in [-0.39, 0.29) is 0 Å². The minimum Gasteiger partial charge on any atom is -0.399 e. The predicted octanol–water partition coefficient (Wildman–Crippen LogP) is 2.62. The molecule has 0 saturated heterocycles. The fourth-order valence-electron chi connectivity index (χ4n) is 1.51. The Balaban J connectivity index is 2.25. The average molecular weight is 204 g/mol. The van der Waals surface area contributed by atoms with Gasteiger partial charge in [-0.25, -0.2) is 4.98 Å². The fourth-order valence-corrected chi connectivity index (χ4v) is 2.16. The topological polar surface area (TPSA) is 38.9 Å². The maximum absolute atomic E-state index is 5.77. The number of aromatic nitrogens is 1. The Hall–Kier alpha value is -1.35. The molecule has 2 aromatic rings. The van der Waals surface area contributed by atoms with Gasteiger partial charge in [0.15, 0.2) is 0 Å². The maximum atomic E-state index is 5.77. The summed E-state index contributed by atoms with van der Waals surface area (Å²) < 4.78 is 0. The molecule has 0 aliphatic rings. The van der Waals surface area contributed by atoms with Crippen LogP contribution in [0.25, 0.3) is 0 Å². The van der Waals surface area contributed by atoms with Crippen LogP contribution in [-0.2, 0) is 6.42 Å². The second kappa shape index (κ2) is 3.80. The standard InChI is InChI=1S/C11H12N2S/c1-8-4-9(6-10(12)5-8)7-11-13-2-3-14-11/h2-6H,7,12H2,1H3. The Morgan fingerprint density at radius 1 is 1.36 bits per heavy atom. The average Bonchev–Trinajstić information content (AvgIpc) is 2.54. The van der Waals surface area contributed by atoms with E-state index in [0.717, 1.165) is 17.1 Å². The lowest BCUT2D eigenvalue weighted by Crippen LogP contribution is -1.92. The predicted molar refractivity (Wildman–Crippen MR) is 60.5 cm³/mol. The van der Waals surface area contributed by atoms with Crippen LogP contribution in [-0.4, -0.2) is 4.98 Å². The third-order valence-electron chi connectivity index (χ3n) is 2.00. The molecule has 3 heteroatoms. The van der Waals surface area contributed by atoms with Crippen molar-refractivity contribution in [2.24, 2.45) is 0 Å². The van der Waals surface area contributed by atoms with E-state index in [1.807, 2.05) is 23.7 Å². The smallest absolute Gasteiger partial charge is 0.0968 e. The van der Waals surface area contributed by atoms with Gasteiger partial charge in [0.05, 0.1) is 5.01 Å². The molecule has 0 spiro atoms. The molecule has 1 aromatic heterocycles. The molecule has 1 aromatic carbocycles. The van der Waals surface area contributed by atoms with E-state index in [1.54, 1.807) is 11.3 Å². The lowest BCUT2D eigenvalue weighted by Gasteiger charge is -2.02. The summed E-state index contributed by atoms with van der Waals surface area (Å²) >= 11 is 1.68. The number of nitrogens with two attached hydrogens (primary N) is 1. The third kappa shape index (κ3) is 2.12. The van der Waals surface area contributed by atoms with E-state index in [4.69, 9.17) is 5.73 Å². The molecule has 14 heavy (non-hydrogen) atoms. The summed E-state index contributed by atoms with van der Waals surface area (Å²) in [5.41, 5.74) is 9.04. The molecule has 0 fully saturated rings. The molecule has 0 unspecified atom stereocenters. The van der Waals surface area contributed by atoms with Crippen LogP contribution >= 0.6 is 11.3 Å². The van der Waals surface area contributed by atoms with Crippen molar-refractivity contribution in [3.8, 4) is 0 Å². The minimum absolute atomic E-state index is 0.830. The van der Waals surface area contributed by atoms with E-state index in [1.165, 1.54) is 11.1 Å². The number of thiazole rings is 1. The molecular formula is C11H12N2S. The van der Waals surface area contributed by atoms with Crippen molar-refractivity contribution in [1.29, 1.82) is 0 Å². The lowest BCUT2D eigenvalue weighted by atomic mass is 10.1. The highest BCUT2D eigenvalue weighted by Crippen LogP contribution is 2.16. The van der Waals surface area contributed by atoms with Gasteiger partial charge in [-0.2, -0.15) is 0 Å². The number of hydrogen-bond donors (Lipinski definition) is 1. The highest BCUT2D eigenvalue weighted by Gasteiger charge is 2.00. The van der Waals surface area contributed by atoms with E-state index in [2.05, 4.69) is 18.0 Å². The SMILES string of the molecule is Cc1cc(N)cc(Cc2nccs2)c1. The number of benzene rings is 1. The van der Waals surface area contributed by atoms with Gasteiger partial charge in [-0.15, -0.1) is 11.3 Å². The largest absolute Gasteiger partial charge is 0.399 e. The monoisotopic (exact) mass is 204 g/mol. The van der Waals surface area contributed by atoms with E-state index in [0.29, 0.717) is 0 Å². The van der Waals surface area contributed by atoms with Crippen LogP contribution in [0.15, 0.2) is 29.8 Å². The lowest BCUT2D eigenvalue weighted by molar-refractivity contribution is 1.13. The highest BCUT2D eigenvalue weighted by molar-refractivity contribution is 7.09. The quantitative estimate of drug-likeness (QED) is 0.764. The number of nitrogens with zero attached hydrogens (tertiary/aromatic N) is 1. The van der Waals surface area contributed by atoms with Crippen molar-refractivity contribution in [2.45, 2.75) is 13.3 Å². The first-order valence-corrected chi connectivity index (χ1v) is 5.36. The molecule has 72 valence electrons. The number of rotatable bonds is 2. The maximum Gasteiger partial charge on any atom is 0.0968 e. The zero-order valence-electron chi connectivity index (χ0n) is 8.03. The van der Waals surface area contributed by atoms with E-state index >= 15 is 0 Å². The van der Waals surface area contributed by atoms with Crippen LogP contribution < -0.4 is 5.73 Å². The fraction of sp³-hybridized carbons (Fsp3) is 0.182.